The van der Waals surface area contributed by atoms with Crippen LogP contribution >= 0.6 is 0 Å². The van der Waals surface area contributed by atoms with E-state index in [1.54, 1.807) is 0 Å². The molecular weight excluding hydrogens is 172 g/mol. The average Bonchev–Trinajstić information content (AvgIpc) is 2.71. The van der Waals surface area contributed by atoms with Crippen molar-refractivity contribution in [3.05, 3.63) is 24.3 Å². The van der Waals surface area contributed by atoms with Gasteiger partial charge in [-0.2, -0.15) is 0 Å². The molecule has 1 N–H and O–H groups in total. The number of nitrogens with one attached hydrogen (secondary N) is 1. The van der Waals surface area contributed by atoms with Gasteiger partial charge in [-0.1, -0.05) is 6.07 Å². The second-order valence-electron chi connectivity index (χ2n) is 3.77. The van der Waals surface area contributed by atoms with Crippen molar-refractivity contribution in [2.45, 2.75) is 19.8 Å². The Morgan fingerprint density at radius 1 is 1.29 bits per heavy atom. The highest BCUT2D eigenvalue weighted by Gasteiger charge is 2.11. The van der Waals surface area contributed by atoms with Crippen molar-refractivity contribution < 1.29 is 0 Å². The first-order valence-corrected chi connectivity index (χ1v) is 5.49. The van der Waals surface area contributed by atoms with Crippen LogP contribution in [0.1, 0.15) is 19.8 Å². The summed E-state index contributed by atoms with van der Waals surface area (Å²) in [6.07, 6.45) is 2.68. The van der Waals surface area contributed by atoms with Crippen molar-refractivity contribution in [1.82, 2.24) is 0 Å². The lowest BCUT2D eigenvalue weighted by Gasteiger charge is -2.18. The standard InChI is InChI=1S/C12H18N2/c1-2-13-11-6-5-7-12(10-11)14-8-3-4-9-14/h5-7,10,13H,2-4,8-9H2,1H3. The molecular formula is C12H18N2. The van der Waals surface area contributed by atoms with E-state index in [0.29, 0.717) is 0 Å². The molecule has 0 radical (unpaired) electrons. The second kappa shape index (κ2) is 4.36. The molecule has 1 aliphatic heterocycles. The maximum Gasteiger partial charge on any atom is 0.0386 e. The first-order chi connectivity index (χ1) is 6.90. The molecule has 1 saturated heterocycles. The second-order valence-corrected chi connectivity index (χ2v) is 3.77. The summed E-state index contributed by atoms with van der Waals surface area (Å²) in [4.78, 5) is 2.46. The molecule has 0 spiro atoms. The van der Waals surface area contributed by atoms with E-state index in [4.69, 9.17) is 0 Å². The van der Waals surface area contributed by atoms with Crippen molar-refractivity contribution >= 4 is 11.4 Å². The monoisotopic (exact) mass is 190 g/mol. The number of hydrogen-bond donors (Lipinski definition) is 1. The van der Waals surface area contributed by atoms with Gasteiger partial charge in [0.2, 0.25) is 0 Å². The Bertz CT molecular complexity index is 290. The van der Waals surface area contributed by atoms with Gasteiger partial charge in [-0.3, -0.25) is 0 Å². The van der Waals surface area contributed by atoms with Gasteiger partial charge in [0.15, 0.2) is 0 Å². The molecule has 0 unspecified atom stereocenters. The fourth-order valence-electron chi connectivity index (χ4n) is 1.99. The maximum atomic E-state index is 3.34. The van der Waals surface area contributed by atoms with Gasteiger partial charge in [-0.15, -0.1) is 0 Å². The lowest BCUT2D eigenvalue weighted by Crippen LogP contribution is -2.17. The lowest BCUT2D eigenvalue weighted by atomic mass is 10.2. The van der Waals surface area contributed by atoms with E-state index in [0.717, 1.165) is 6.54 Å². The largest absolute Gasteiger partial charge is 0.385 e. The van der Waals surface area contributed by atoms with E-state index in [2.05, 4.69) is 41.4 Å². The Hall–Kier alpha value is -1.18. The third-order valence-corrected chi connectivity index (χ3v) is 2.70. The molecule has 14 heavy (non-hydrogen) atoms. The molecule has 0 aliphatic carbocycles. The number of hydrogen-bond acceptors (Lipinski definition) is 2. The van der Waals surface area contributed by atoms with Crippen molar-refractivity contribution in [3.63, 3.8) is 0 Å². The van der Waals surface area contributed by atoms with E-state index in [9.17, 15) is 0 Å². The van der Waals surface area contributed by atoms with E-state index in [1.165, 1.54) is 37.3 Å². The Morgan fingerprint density at radius 2 is 2.07 bits per heavy atom. The van der Waals surface area contributed by atoms with Crippen molar-refractivity contribution in [2.75, 3.05) is 29.9 Å². The number of anilines is 2. The predicted molar refractivity (Wildman–Crippen MR) is 62.1 cm³/mol. The van der Waals surface area contributed by atoms with Crippen LogP contribution in [0.25, 0.3) is 0 Å². The molecule has 1 aromatic rings. The summed E-state index contributed by atoms with van der Waals surface area (Å²) < 4.78 is 0. The van der Waals surface area contributed by atoms with Crippen LogP contribution in [0.3, 0.4) is 0 Å². The molecule has 2 heteroatoms. The van der Waals surface area contributed by atoms with Gasteiger partial charge >= 0.3 is 0 Å². The summed E-state index contributed by atoms with van der Waals surface area (Å²) in [5.41, 5.74) is 2.60. The molecule has 0 atom stereocenters. The molecule has 1 aliphatic rings. The molecule has 76 valence electrons. The first-order valence-electron chi connectivity index (χ1n) is 5.49. The van der Waals surface area contributed by atoms with Crippen LogP contribution in [0.15, 0.2) is 24.3 Å². The Kier molecular flexibility index (Phi) is 2.92. The van der Waals surface area contributed by atoms with E-state index in [1.807, 2.05) is 0 Å². The van der Waals surface area contributed by atoms with Gasteiger partial charge in [-0.25, -0.2) is 0 Å². The fourth-order valence-corrected chi connectivity index (χ4v) is 1.99. The predicted octanol–water partition coefficient (Wildman–Crippen LogP) is 2.72. The molecule has 1 heterocycles. The summed E-state index contributed by atoms with van der Waals surface area (Å²) in [7, 11) is 0. The number of nitrogens with zero attached hydrogens (tertiary/aromatic N) is 1. The first kappa shape index (κ1) is 9.38. The molecule has 0 aromatic heterocycles. The van der Waals surface area contributed by atoms with Gasteiger partial charge < -0.3 is 10.2 Å². The zero-order chi connectivity index (χ0) is 9.80. The topological polar surface area (TPSA) is 15.3 Å². The minimum Gasteiger partial charge on any atom is -0.385 e. The quantitative estimate of drug-likeness (QED) is 0.788. The Morgan fingerprint density at radius 3 is 2.79 bits per heavy atom. The van der Waals surface area contributed by atoms with E-state index in [-0.39, 0.29) is 0 Å². The van der Waals surface area contributed by atoms with Crippen LogP contribution in [0.4, 0.5) is 11.4 Å². The van der Waals surface area contributed by atoms with Crippen LogP contribution in [0, 0.1) is 0 Å². The minimum atomic E-state index is 0.990. The molecule has 0 saturated carbocycles. The summed E-state index contributed by atoms with van der Waals surface area (Å²) in [5.74, 6) is 0. The molecule has 1 aromatic carbocycles. The van der Waals surface area contributed by atoms with Crippen LogP contribution in [0.5, 0.6) is 0 Å². The van der Waals surface area contributed by atoms with Gasteiger partial charge in [0.1, 0.15) is 0 Å². The molecule has 1 fully saturated rings. The maximum absolute atomic E-state index is 3.34. The molecule has 2 nitrogen and oxygen atoms in total. The highest BCUT2D eigenvalue weighted by atomic mass is 15.1. The van der Waals surface area contributed by atoms with E-state index < -0.39 is 0 Å². The van der Waals surface area contributed by atoms with Crippen LogP contribution in [0.2, 0.25) is 0 Å². The normalized spacial score (nSPS) is 15.9. The van der Waals surface area contributed by atoms with Crippen LogP contribution < -0.4 is 10.2 Å². The zero-order valence-electron chi connectivity index (χ0n) is 8.79. The molecule has 0 bridgehead atoms. The summed E-state index contributed by atoms with van der Waals surface area (Å²) in [6.45, 7) is 5.55. The Labute approximate surface area is 85.9 Å². The third-order valence-electron chi connectivity index (χ3n) is 2.70. The zero-order valence-corrected chi connectivity index (χ0v) is 8.79. The van der Waals surface area contributed by atoms with Gasteiger partial charge in [0, 0.05) is 31.0 Å². The molecule has 0 amide bonds. The Balaban J connectivity index is 2.12. The van der Waals surface area contributed by atoms with Gasteiger partial charge in [0.05, 0.1) is 0 Å². The van der Waals surface area contributed by atoms with Crippen molar-refractivity contribution in [3.8, 4) is 0 Å². The lowest BCUT2D eigenvalue weighted by molar-refractivity contribution is 0.949. The van der Waals surface area contributed by atoms with Gasteiger partial charge in [0.25, 0.3) is 0 Å². The smallest absolute Gasteiger partial charge is 0.0386 e. The van der Waals surface area contributed by atoms with Crippen molar-refractivity contribution in [2.24, 2.45) is 0 Å². The highest BCUT2D eigenvalue weighted by molar-refractivity contribution is 5.58. The van der Waals surface area contributed by atoms with Crippen LogP contribution in [-0.2, 0) is 0 Å². The van der Waals surface area contributed by atoms with Gasteiger partial charge in [-0.05, 0) is 38.0 Å². The number of rotatable bonds is 3. The average molecular weight is 190 g/mol. The number of benzene rings is 1. The SMILES string of the molecule is CCNc1cccc(N2CCCC2)c1. The van der Waals surface area contributed by atoms with Crippen LogP contribution in [-0.4, -0.2) is 19.6 Å². The summed E-state index contributed by atoms with van der Waals surface area (Å²) >= 11 is 0. The van der Waals surface area contributed by atoms with E-state index >= 15 is 0 Å². The summed E-state index contributed by atoms with van der Waals surface area (Å²) in [6, 6.07) is 8.70. The third kappa shape index (κ3) is 2.00. The van der Waals surface area contributed by atoms with Crippen molar-refractivity contribution in [1.29, 1.82) is 0 Å². The molecule has 2 rings (SSSR count). The summed E-state index contributed by atoms with van der Waals surface area (Å²) in [5, 5.41) is 3.34. The highest BCUT2D eigenvalue weighted by Crippen LogP contribution is 2.22. The minimum absolute atomic E-state index is 0.990. The fraction of sp³-hybridized carbons (Fsp3) is 0.500.